The molecule has 0 atom stereocenters. The van der Waals surface area contributed by atoms with Crippen LogP contribution in [0.5, 0.6) is 0 Å². The number of carbonyl (C=O) groups is 1. The van der Waals surface area contributed by atoms with Gasteiger partial charge in [-0.05, 0) is 36.6 Å². The van der Waals surface area contributed by atoms with Crippen LogP contribution in [-0.2, 0) is 0 Å². The van der Waals surface area contributed by atoms with Crippen LogP contribution in [-0.4, -0.2) is 19.5 Å². The summed E-state index contributed by atoms with van der Waals surface area (Å²) in [5.74, 6) is 0.605. The van der Waals surface area contributed by atoms with Crippen LogP contribution in [0, 0.1) is 12.8 Å². The fourth-order valence-corrected chi connectivity index (χ4v) is 1.98. The van der Waals surface area contributed by atoms with E-state index < -0.39 is 0 Å². The van der Waals surface area contributed by atoms with Gasteiger partial charge in [0.15, 0.2) is 0 Å². The highest BCUT2D eigenvalue weighted by Crippen LogP contribution is 2.15. The summed E-state index contributed by atoms with van der Waals surface area (Å²) in [6, 6.07) is 5.80. The van der Waals surface area contributed by atoms with Gasteiger partial charge in [0.1, 0.15) is 0 Å². The summed E-state index contributed by atoms with van der Waals surface area (Å²) in [5.41, 5.74) is 2.80. The smallest absolute Gasteiger partial charge is 0.251 e. The van der Waals surface area contributed by atoms with Crippen molar-refractivity contribution < 1.29 is 4.79 Å². The molecule has 0 aliphatic heterocycles. The number of nitrogens with one attached hydrogen (secondary N) is 2. The van der Waals surface area contributed by atoms with E-state index in [-0.39, 0.29) is 5.91 Å². The molecule has 100 valence electrons. The number of amides is 1. The van der Waals surface area contributed by atoms with E-state index in [1.54, 1.807) is 0 Å². The zero-order chi connectivity index (χ0) is 13.5. The van der Waals surface area contributed by atoms with Crippen molar-refractivity contribution in [2.45, 2.75) is 33.6 Å². The molecular weight excluding hydrogens is 224 g/mol. The minimum absolute atomic E-state index is 0.0297. The highest BCUT2D eigenvalue weighted by atomic mass is 16.1. The Morgan fingerprint density at radius 2 is 1.94 bits per heavy atom. The van der Waals surface area contributed by atoms with Gasteiger partial charge in [-0.3, -0.25) is 4.79 Å². The zero-order valence-electron chi connectivity index (χ0n) is 11.8. The maximum absolute atomic E-state index is 12.1. The second-order valence-electron chi connectivity index (χ2n) is 4.67. The average molecular weight is 248 g/mol. The Morgan fingerprint density at radius 1 is 1.28 bits per heavy atom. The van der Waals surface area contributed by atoms with Crippen molar-refractivity contribution in [2.75, 3.05) is 18.9 Å². The maximum atomic E-state index is 12.1. The number of aryl methyl sites for hydroxylation is 1. The van der Waals surface area contributed by atoms with Gasteiger partial charge >= 0.3 is 0 Å². The maximum Gasteiger partial charge on any atom is 0.251 e. The summed E-state index contributed by atoms with van der Waals surface area (Å²) in [4.78, 5) is 12.1. The first-order valence-electron chi connectivity index (χ1n) is 6.68. The highest BCUT2D eigenvalue weighted by Gasteiger charge is 2.11. The summed E-state index contributed by atoms with van der Waals surface area (Å²) >= 11 is 0. The first-order chi connectivity index (χ1) is 8.62. The third-order valence-electron chi connectivity index (χ3n) is 3.47. The van der Waals surface area contributed by atoms with E-state index in [4.69, 9.17) is 0 Å². The Labute approximate surface area is 110 Å². The molecule has 0 heterocycles. The SMILES string of the molecule is CCC(CC)CNC(=O)c1ccc(NC)cc1C. The number of carbonyl (C=O) groups excluding carboxylic acids is 1. The number of hydrogen-bond acceptors (Lipinski definition) is 2. The van der Waals surface area contributed by atoms with Crippen molar-refractivity contribution >= 4 is 11.6 Å². The van der Waals surface area contributed by atoms with Crippen LogP contribution < -0.4 is 10.6 Å². The van der Waals surface area contributed by atoms with Crippen LogP contribution in [0.2, 0.25) is 0 Å². The molecule has 3 heteroatoms. The van der Waals surface area contributed by atoms with Crippen LogP contribution in [0.15, 0.2) is 18.2 Å². The van der Waals surface area contributed by atoms with E-state index in [0.29, 0.717) is 5.92 Å². The fraction of sp³-hybridized carbons (Fsp3) is 0.533. The third-order valence-corrected chi connectivity index (χ3v) is 3.47. The molecule has 0 spiro atoms. The van der Waals surface area contributed by atoms with Gasteiger partial charge in [0, 0.05) is 24.8 Å². The van der Waals surface area contributed by atoms with Gasteiger partial charge in [0.25, 0.3) is 5.91 Å². The molecule has 0 aliphatic rings. The molecular formula is C15H24N2O. The van der Waals surface area contributed by atoms with Crippen molar-refractivity contribution in [3.8, 4) is 0 Å². The predicted molar refractivity (Wildman–Crippen MR) is 77.1 cm³/mol. The first-order valence-corrected chi connectivity index (χ1v) is 6.68. The molecule has 0 radical (unpaired) electrons. The Morgan fingerprint density at radius 3 is 2.44 bits per heavy atom. The largest absolute Gasteiger partial charge is 0.388 e. The summed E-state index contributed by atoms with van der Waals surface area (Å²) in [6.07, 6.45) is 2.21. The van der Waals surface area contributed by atoms with E-state index in [1.165, 1.54) is 0 Å². The first kappa shape index (κ1) is 14.6. The van der Waals surface area contributed by atoms with E-state index in [1.807, 2.05) is 32.2 Å². The van der Waals surface area contributed by atoms with Gasteiger partial charge in [-0.15, -0.1) is 0 Å². The average Bonchev–Trinajstić information content (AvgIpc) is 2.39. The van der Waals surface area contributed by atoms with Crippen LogP contribution in [0.3, 0.4) is 0 Å². The molecule has 0 fully saturated rings. The van der Waals surface area contributed by atoms with Gasteiger partial charge in [0.05, 0.1) is 0 Å². The number of rotatable bonds is 6. The minimum atomic E-state index is 0.0297. The Hall–Kier alpha value is -1.51. The molecule has 3 nitrogen and oxygen atoms in total. The van der Waals surface area contributed by atoms with Crippen LogP contribution in [0.4, 0.5) is 5.69 Å². The van der Waals surface area contributed by atoms with E-state index in [9.17, 15) is 4.79 Å². The molecule has 0 bridgehead atoms. The molecule has 1 amide bonds. The summed E-state index contributed by atoms with van der Waals surface area (Å²) in [5, 5.41) is 6.09. The van der Waals surface area contributed by atoms with Crippen molar-refractivity contribution in [3.63, 3.8) is 0 Å². The third kappa shape index (κ3) is 3.76. The van der Waals surface area contributed by atoms with E-state index in [2.05, 4.69) is 24.5 Å². The second kappa shape index (κ2) is 7.04. The lowest BCUT2D eigenvalue weighted by molar-refractivity contribution is 0.0946. The Balaban J connectivity index is 2.67. The molecule has 0 saturated carbocycles. The fourth-order valence-electron chi connectivity index (χ4n) is 1.98. The molecule has 1 aromatic carbocycles. The molecule has 0 aromatic heterocycles. The van der Waals surface area contributed by atoms with Crippen molar-refractivity contribution in [2.24, 2.45) is 5.92 Å². The quantitative estimate of drug-likeness (QED) is 0.811. The van der Waals surface area contributed by atoms with Gasteiger partial charge in [-0.2, -0.15) is 0 Å². The highest BCUT2D eigenvalue weighted by molar-refractivity contribution is 5.96. The molecule has 1 aromatic rings. The van der Waals surface area contributed by atoms with Crippen LogP contribution in [0.25, 0.3) is 0 Å². The van der Waals surface area contributed by atoms with Gasteiger partial charge in [0.2, 0.25) is 0 Å². The molecule has 18 heavy (non-hydrogen) atoms. The topological polar surface area (TPSA) is 41.1 Å². The molecule has 0 unspecified atom stereocenters. The zero-order valence-corrected chi connectivity index (χ0v) is 11.8. The Kier molecular flexibility index (Phi) is 5.69. The van der Waals surface area contributed by atoms with E-state index in [0.717, 1.165) is 36.2 Å². The molecule has 0 aliphatic carbocycles. The lowest BCUT2D eigenvalue weighted by Crippen LogP contribution is -2.29. The van der Waals surface area contributed by atoms with Crippen LogP contribution >= 0.6 is 0 Å². The van der Waals surface area contributed by atoms with Crippen LogP contribution in [0.1, 0.15) is 42.6 Å². The molecule has 1 rings (SSSR count). The normalized spacial score (nSPS) is 10.5. The monoisotopic (exact) mass is 248 g/mol. The Bertz CT molecular complexity index is 397. The number of benzene rings is 1. The van der Waals surface area contributed by atoms with Gasteiger partial charge in [-0.25, -0.2) is 0 Å². The summed E-state index contributed by atoms with van der Waals surface area (Å²) < 4.78 is 0. The number of anilines is 1. The summed E-state index contributed by atoms with van der Waals surface area (Å²) in [6.45, 7) is 7.05. The number of hydrogen-bond donors (Lipinski definition) is 2. The summed E-state index contributed by atoms with van der Waals surface area (Å²) in [7, 11) is 1.88. The minimum Gasteiger partial charge on any atom is -0.388 e. The lowest BCUT2D eigenvalue weighted by atomic mass is 10.0. The van der Waals surface area contributed by atoms with E-state index >= 15 is 0 Å². The standard InChI is InChI=1S/C15H24N2O/c1-5-12(6-2)10-17-15(18)14-8-7-13(16-4)9-11(14)3/h7-9,12,16H,5-6,10H2,1-4H3,(H,17,18). The predicted octanol–water partition coefficient (Wildman–Crippen LogP) is 3.20. The van der Waals surface area contributed by atoms with Gasteiger partial charge in [-0.1, -0.05) is 26.7 Å². The lowest BCUT2D eigenvalue weighted by Gasteiger charge is -2.14. The van der Waals surface area contributed by atoms with Crippen molar-refractivity contribution in [1.29, 1.82) is 0 Å². The molecule has 2 N–H and O–H groups in total. The van der Waals surface area contributed by atoms with Gasteiger partial charge < -0.3 is 10.6 Å². The van der Waals surface area contributed by atoms with Crippen molar-refractivity contribution in [1.82, 2.24) is 5.32 Å². The van der Waals surface area contributed by atoms with Crippen molar-refractivity contribution in [3.05, 3.63) is 29.3 Å². The second-order valence-corrected chi connectivity index (χ2v) is 4.67. The molecule has 0 saturated heterocycles.